The van der Waals surface area contributed by atoms with Crippen LogP contribution in [0.3, 0.4) is 0 Å². The summed E-state index contributed by atoms with van der Waals surface area (Å²) in [5.74, 6) is 0.763. The number of nitrogens with one attached hydrogen (secondary N) is 1. The van der Waals surface area contributed by atoms with Crippen LogP contribution in [0, 0.1) is 0 Å². The maximum Gasteiger partial charge on any atom is 0.138 e. The first-order valence-electron chi connectivity index (χ1n) is 7.73. The first-order valence-corrected chi connectivity index (χ1v) is 8.48. The molecule has 25 heavy (non-hydrogen) atoms. The van der Waals surface area contributed by atoms with Crippen molar-refractivity contribution < 1.29 is 0 Å². The average Bonchev–Trinajstić information content (AvgIpc) is 3.08. The maximum atomic E-state index is 6.13. The van der Waals surface area contributed by atoms with E-state index in [-0.39, 0.29) is 0 Å². The Morgan fingerprint density at radius 1 is 0.720 bits per heavy atom. The maximum absolute atomic E-state index is 6.13. The van der Waals surface area contributed by atoms with Gasteiger partial charge in [0, 0.05) is 39.1 Å². The van der Waals surface area contributed by atoms with Gasteiger partial charge in [-0.15, -0.1) is 0 Å². The van der Waals surface area contributed by atoms with Gasteiger partial charge in [0.15, 0.2) is 0 Å². The van der Waals surface area contributed by atoms with Crippen LogP contribution in [-0.2, 0) is 0 Å². The van der Waals surface area contributed by atoms with E-state index >= 15 is 0 Å². The summed E-state index contributed by atoms with van der Waals surface area (Å²) in [6.07, 6.45) is 3.53. The predicted molar refractivity (Wildman–Crippen MR) is 103 cm³/mol. The molecule has 0 saturated heterocycles. The molecule has 0 aliphatic heterocycles. The number of aromatic nitrogens is 3. The summed E-state index contributed by atoms with van der Waals surface area (Å²) < 4.78 is 0. The Bertz CT molecular complexity index is 1010. The van der Waals surface area contributed by atoms with E-state index < -0.39 is 0 Å². The SMILES string of the molecule is Clc1ccc(-c2nc(-c3cccc(Cl)c3)[nH]c2-c2ccncc2)cc1. The van der Waals surface area contributed by atoms with Crippen LogP contribution in [0.4, 0.5) is 0 Å². The second-order valence-electron chi connectivity index (χ2n) is 5.56. The van der Waals surface area contributed by atoms with E-state index in [1.807, 2.05) is 60.7 Å². The largest absolute Gasteiger partial charge is 0.337 e. The zero-order valence-electron chi connectivity index (χ0n) is 13.1. The summed E-state index contributed by atoms with van der Waals surface area (Å²) in [5.41, 5.74) is 4.72. The molecule has 0 spiro atoms. The molecule has 2 aromatic heterocycles. The van der Waals surface area contributed by atoms with Crippen molar-refractivity contribution >= 4 is 23.2 Å². The van der Waals surface area contributed by atoms with Crippen LogP contribution in [0.2, 0.25) is 10.0 Å². The van der Waals surface area contributed by atoms with Gasteiger partial charge < -0.3 is 4.98 Å². The van der Waals surface area contributed by atoms with E-state index in [4.69, 9.17) is 28.2 Å². The molecule has 2 aromatic carbocycles. The number of H-pyrrole nitrogens is 1. The second-order valence-corrected chi connectivity index (χ2v) is 6.44. The molecule has 5 heteroatoms. The topological polar surface area (TPSA) is 41.6 Å². The van der Waals surface area contributed by atoms with E-state index in [1.54, 1.807) is 12.4 Å². The summed E-state index contributed by atoms with van der Waals surface area (Å²) in [4.78, 5) is 12.3. The van der Waals surface area contributed by atoms with Crippen LogP contribution in [0.25, 0.3) is 33.9 Å². The van der Waals surface area contributed by atoms with Crippen molar-refractivity contribution in [3.63, 3.8) is 0 Å². The van der Waals surface area contributed by atoms with Crippen LogP contribution in [0.1, 0.15) is 0 Å². The molecule has 0 fully saturated rings. The van der Waals surface area contributed by atoms with Crippen LogP contribution < -0.4 is 0 Å². The second kappa shape index (κ2) is 6.71. The number of aromatic amines is 1. The molecule has 0 unspecified atom stereocenters. The van der Waals surface area contributed by atoms with Crippen LogP contribution in [-0.4, -0.2) is 15.0 Å². The fourth-order valence-corrected chi connectivity index (χ4v) is 3.01. The predicted octanol–water partition coefficient (Wildman–Crippen LogP) is 6.11. The van der Waals surface area contributed by atoms with E-state index in [9.17, 15) is 0 Å². The molecule has 4 rings (SSSR count). The quantitative estimate of drug-likeness (QED) is 0.475. The number of halogens is 2. The number of hydrogen-bond donors (Lipinski definition) is 1. The molecule has 0 aliphatic rings. The van der Waals surface area contributed by atoms with Crippen molar-refractivity contribution in [3.8, 4) is 33.9 Å². The molecule has 0 aliphatic carbocycles. The molecular formula is C20H13Cl2N3. The lowest BCUT2D eigenvalue weighted by Crippen LogP contribution is -1.84. The average molecular weight is 366 g/mol. The Morgan fingerprint density at radius 2 is 1.48 bits per heavy atom. The first-order chi connectivity index (χ1) is 12.2. The third-order valence-corrected chi connectivity index (χ3v) is 4.38. The fraction of sp³-hybridized carbons (Fsp3) is 0. The van der Waals surface area contributed by atoms with Crippen molar-refractivity contribution in [1.82, 2.24) is 15.0 Å². The van der Waals surface area contributed by atoms with Crippen molar-refractivity contribution in [2.45, 2.75) is 0 Å². The Labute approximate surface area is 155 Å². The summed E-state index contributed by atoms with van der Waals surface area (Å²) >= 11 is 12.2. The Kier molecular flexibility index (Phi) is 4.26. The zero-order valence-corrected chi connectivity index (χ0v) is 14.6. The standard InChI is InChI=1S/C20H13Cl2N3/c21-16-6-4-13(5-7-16)18-19(14-8-10-23-11-9-14)25-20(24-18)15-2-1-3-17(22)12-15/h1-12H,(H,24,25). The Hall–Kier alpha value is -2.62. The van der Waals surface area contributed by atoms with Gasteiger partial charge in [0.2, 0.25) is 0 Å². The van der Waals surface area contributed by atoms with Crippen LogP contribution >= 0.6 is 23.2 Å². The highest BCUT2D eigenvalue weighted by molar-refractivity contribution is 6.31. The number of benzene rings is 2. The minimum Gasteiger partial charge on any atom is -0.337 e. The van der Waals surface area contributed by atoms with Gasteiger partial charge >= 0.3 is 0 Å². The van der Waals surface area contributed by atoms with E-state index in [0.717, 1.165) is 33.9 Å². The van der Waals surface area contributed by atoms with Gasteiger partial charge in [0.05, 0.1) is 11.4 Å². The monoisotopic (exact) mass is 365 g/mol. The van der Waals surface area contributed by atoms with Crippen molar-refractivity contribution in [1.29, 1.82) is 0 Å². The number of rotatable bonds is 3. The molecule has 2 heterocycles. The fourth-order valence-electron chi connectivity index (χ4n) is 2.69. The molecule has 3 nitrogen and oxygen atoms in total. The van der Waals surface area contributed by atoms with Gasteiger partial charge in [-0.25, -0.2) is 4.98 Å². The number of pyridine rings is 1. The minimum absolute atomic E-state index is 0.674. The van der Waals surface area contributed by atoms with Crippen molar-refractivity contribution in [2.24, 2.45) is 0 Å². The lowest BCUT2D eigenvalue weighted by Gasteiger charge is -2.03. The van der Waals surface area contributed by atoms with Crippen molar-refractivity contribution in [2.75, 3.05) is 0 Å². The van der Waals surface area contributed by atoms with E-state index in [1.165, 1.54) is 0 Å². The number of imidazole rings is 1. The highest BCUT2D eigenvalue weighted by Gasteiger charge is 2.15. The molecule has 4 aromatic rings. The summed E-state index contributed by atoms with van der Waals surface area (Å²) in [5, 5.41) is 1.37. The van der Waals surface area contributed by atoms with Crippen molar-refractivity contribution in [3.05, 3.63) is 83.1 Å². The molecule has 0 amide bonds. The van der Waals surface area contributed by atoms with Gasteiger partial charge in [-0.2, -0.15) is 0 Å². The molecule has 0 atom stereocenters. The Balaban J connectivity index is 1.90. The first kappa shape index (κ1) is 15.9. The summed E-state index contributed by atoms with van der Waals surface area (Å²) in [6.45, 7) is 0. The molecular weight excluding hydrogens is 353 g/mol. The summed E-state index contributed by atoms with van der Waals surface area (Å²) in [6, 6.07) is 19.2. The van der Waals surface area contributed by atoms with Gasteiger partial charge in [0.25, 0.3) is 0 Å². The molecule has 0 radical (unpaired) electrons. The minimum atomic E-state index is 0.674. The van der Waals surface area contributed by atoms with E-state index in [0.29, 0.717) is 10.0 Å². The molecule has 0 bridgehead atoms. The van der Waals surface area contributed by atoms with E-state index in [2.05, 4.69) is 9.97 Å². The number of nitrogens with zero attached hydrogens (tertiary/aromatic N) is 2. The van der Waals surface area contributed by atoms with Gasteiger partial charge in [-0.05, 0) is 36.4 Å². The van der Waals surface area contributed by atoms with Gasteiger partial charge in [-0.3, -0.25) is 4.98 Å². The smallest absolute Gasteiger partial charge is 0.138 e. The number of hydrogen-bond acceptors (Lipinski definition) is 2. The molecule has 0 saturated carbocycles. The highest BCUT2D eigenvalue weighted by Crippen LogP contribution is 2.33. The molecule has 122 valence electrons. The normalized spacial score (nSPS) is 10.8. The van der Waals surface area contributed by atoms with Crippen LogP contribution in [0.5, 0.6) is 0 Å². The highest BCUT2D eigenvalue weighted by atomic mass is 35.5. The van der Waals surface area contributed by atoms with Gasteiger partial charge in [0.1, 0.15) is 5.82 Å². The lowest BCUT2D eigenvalue weighted by atomic mass is 10.1. The lowest BCUT2D eigenvalue weighted by molar-refractivity contribution is 1.30. The Morgan fingerprint density at radius 3 is 2.20 bits per heavy atom. The molecule has 1 N–H and O–H groups in total. The zero-order chi connectivity index (χ0) is 17.2. The third kappa shape index (κ3) is 3.29. The van der Waals surface area contributed by atoms with Crippen LogP contribution in [0.15, 0.2) is 73.1 Å². The summed E-state index contributed by atoms with van der Waals surface area (Å²) in [7, 11) is 0. The van der Waals surface area contributed by atoms with Gasteiger partial charge in [-0.1, -0.05) is 47.5 Å². The third-order valence-electron chi connectivity index (χ3n) is 3.89.